The minimum Gasteiger partial charge on any atom is -0.493 e. The largest absolute Gasteiger partial charge is 0.493 e. The molecule has 0 saturated heterocycles. The third-order valence-corrected chi connectivity index (χ3v) is 7.12. The Hall–Kier alpha value is -4.44. The zero-order valence-corrected chi connectivity index (χ0v) is 23.7. The van der Waals surface area contributed by atoms with Crippen molar-refractivity contribution in [2.45, 2.75) is 26.9 Å². The number of carbonyl (C=O) groups is 1. The van der Waals surface area contributed by atoms with E-state index < -0.39 is 4.92 Å². The summed E-state index contributed by atoms with van der Waals surface area (Å²) in [6, 6.07) is 19.7. The van der Waals surface area contributed by atoms with E-state index in [-0.39, 0.29) is 11.6 Å². The molecule has 1 amide bonds. The van der Waals surface area contributed by atoms with Crippen LogP contribution in [0.4, 0.5) is 10.8 Å². The van der Waals surface area contributed by atoms with Gasteiger partial charge in [-0.2, -0.15) is 0 Å². The van der Waals surface area contributed by atoms with Crippen LogP contribution in [0.3, 0.4) is 0 Å². The van der Waals surface area contributed by atoms with Crippen molar-refractivity contribution >= 4 is 28.1 Å². The summed E-state index contributed by atoms with van der Waals surface area (Å²) < 4.78 is 11.2. The van der Waals surface area contributed by atoms with Crippen LogP contribution in [-0.2, 0) is 13.1 Å². The monoisotopic (exact) mass is 560 g/mol. The molecule has 4 aromatic rings. The van der Waals surface area contributed by atoms with E-state index in [0.717, 1.165) is 16.3 Å². The molecule has 40 heavy (non-hydrogen) atoms. The molecule has 10 heteroatoms. The summed E-state index contributed by atoms with van der Waals surface area (Å²) in [4.78, 5) is 30.3. The predicted octanol–water partition coefficient (Wildman–Crippen LogP) is 6.33. The van der Waals surface area contributed by atoms with E-state index in [1.54, 1.807) is 20.3 Å². The van der Waals surface area contributed by atoms with Gasteiger partial charge in [-0.05, 0) is 29.7 Å². The number of rotatable bonds is 12. The van der Waals surface area contributed by atoms with E-state index in [1.807, 2.05) is 53.9 Å². The minimum absolute atomic E-state index is 0.0162. The van der Waals surface area contributed by atoms with Crippen molar-refractivity contribution in [2.24, 2.45) is 5.92 Å². The lowest BCUT2D eigenvalue weighted by Crippen LogP contribution is -2.27. The topological polar surface area (TPSA) is 107 Å². The highest BCUT2D eigenvalue weighted by molar-refractivity contribution is 7.14. The smallest absolute Gasteiger partial charge is 0.270 e. The lowest BCUT2D eigenvalue weighted by atomic mass is 10.1. The molecule has 0 saturated carbocycles. The maximum absolute atomic E-state index is 12.5. The molecule has 208 valence electrons. The van der Waals surface area contributed by atoms with Gasteiger partial charge >= 0.3 is 0 Å². The van der Waals surface area contributed by atoms with Crippen molar-refractivity contribution in [2.75, 3.05) is 25.7 Å². The van der Waals surface area contributed by atoms with Crippen LogP contribution in [0.25, 0.3) is 11.3 Å². The minimum atomic E-state index is -0.412. The summed E-state index contributed by atoms with van der Waals surface area (Å²) in [5.41, 5.74) is 3.86. The van der Waals surface area contributed by atoms with Crippen LogP contribution in [0, 0.1) is 16.0 Å². The molecule has 0 unspecified atom stereocenters. The molecule has 0 aliphatic carbocycles. The predicted molar refractivity (Wildman–Crippen MR) is 157 cm³/mol. The van der Waals surface area contributed by atoms with Crippen molar-refractivity contribution < 1.29 is 19.2 Å². The lowest BCUT2D eigenvalue weighted by Gasteiger charge is -2.24. The maximum atomic E-state index is 12.5. The van der Waals surface area contributed by atoms with Crippen LogP contribution in [0.1, 0.15) is 35.3 Å². The highest BCUT2D eigenvalue weighted by atomic mass is 32.1. The molecule has 3 aromatic carbocycles. The second-order valence-corrected chi connectivity index (χ2v) is 10.5. The van der Waals surface area contributed by atoms with Crippen molar-refractivity contribution in [1.82, 2.24) is 10.3 Å². The number of amides is 1. The van der Waals surface area contributed by atoms with Crippen LogP contribution in [0.2, 0.25) is 0 Å². The highest BCUT2D eigenvalue weighted by Crippen LogP contribution is 2.35. The zero-order chi connectivity index (χ0) is 28.6. The Balaban J connectivity index is 1.64. The SMILES string of the molecule is COc1cccc(CN(Cc2ccc(C(=O)NCC(C)C)cc2)c2nc(-c3cccc([N+](=O)[O-])c3)cs2)c1OC. The van der Waals surface area contributed by atoms with Gasteiger partial charge in [0, 0.05) is 53.8 Å². The van der Waals surface area contributed by atoms with E-state index in [0.29, 0.717) is 53.9 Å². The molecular weight excluding hydrogens is 528 g/mol. The van der Waals surface area contributed by atoms with E-state index >= 15 is 0 Å². The lowest BCUT2D eigenvalue weighted by molar-refractivity contribution is -0.384. The van der Waals surface area contributed by atoms with Crippen molar-refractivity contribution in [3.05, 3.63) is 98.9 Å². The first-order valence-electron chi connectivity index (χ1n) is 12.8. The van der Waals surface area contributed by atoms with Crippen LogP contribution in [0.15, 0.2) is 72.1 Å². The maximum Gasteiger partial charge on any atom is 0.270 e. The Morgan fingerprint density at radius 3 is 2.48 bits per heavy atom. The van der Waals surface area contributed by atoms with E-state index in [2.05, 4.69) is 24.1 Å². The Kier molecular flexibility index (Phi) is 9.34. The molecule has 0 aliphatic heterocycles. The number of carbonyl (C=O) groups excluding carboxylic acids is 1. The molecule has 4 rings (SSSR count). The third kappa shape index (κ3) is 6.95. The van der Waals surface area contributed by atoms with Gasteiger partial charge < -0.3 is 19.7 Å². The van der Waals surface area contributed by atoms with Gasteiger partial charge in [0.05, 0.1) is 24.8 Å². The average molecular weight is 561 g/mol. The second-order valence-electron chi connectivity index (χ2n) is 9.63. The van der Waals surface area contributed by atoms with E-state index in [1.165, 1.54) is 23.5 Å². The van der Waals surface area contributed by atoms with Gasteiger partial charge in [0.1, 0.15) is 0 Å². The number of non-ortho nitro benzene ring substituents is 1. The first-order valence-corrected chi connectivity index (χ1v) is 13.7. The number of methoxy groups -OCH3 is 2. The Morgan fingerprint density at radius 1 is 1.05 bits per heavy atom. The Bertz CT molecular complexity index is 1470. The molecule has 1 heterocycles. The molecule has 9 nitrogen and oxygen atoms in total. The molecule has 0 fully saturated rings. The number of nitro groups is 1. The fourth-order valence-electron chi connectivity index (χ4n) is 4.18. The molecule has 0 bridgehead atoms. The first kappa shape index (κ1) is 28.6. The average Bonchev–Trinajstić information content (AvgIpc) is 3.46. The van der Waals surface area contributed by atoms with Crippen LogP contribution in [-0.4, -0.2) is 36.6 Å². The van der Waals surface area contributed by atoms with Gasteiger partial charge in [0.15, 0.2) is 16.6 Å². The van der Waals surface area contributed by atoms with Gasteiger partial charge in [-0.3, -0.25) is 14.9 Å². The van der Waals surface area contributed by atoms with Gasteiger partial charge in [-0.25, -0.2) is 4.98 Å². The normalized spacial score (nSPS) is 10.8. The second kappa shape index (κ2) is 13.1. The molecule has 0 aliphatic rings. The number of nitro benzene ring substituents is 1. The fraction of sp³-hybridized carbons (Fsp3) is 0.267. The number of hydrogen-bond acceptors (Lipinski definition) is 8. The number of ether oxygens (including phenoxy) is 2. The number of hydrogen-bond donors (Lipinski definition) is 1. The van der Waals surface area contributed by atoms with E-state index in [9.17, 15) is 14.9 Å². The summed E-state index contributed by atoms with van der Waals surface area (Å²) in [5, 5.41) is 16.9. The Morgan fingerprint density at radius 2 is 1.80 bits per heavy atom. The molecule has 1 N–H and O–H groups in total. The molecule has 0 spiro atoms. The molecule has 1 aromatic heterocycles. The van der Waals surface area contributed by atoms with Gasteiger partial charge in [0.2, 0.25) is 0 Å². The first-order chi connectivity index (χ1) is 19.3. The zero-order valence-electron chi connectivity index (χ0n) is 22.9. The van der Waals surface area contributed by atoms with Crippen LogP contribution >= 0.6 is 11.3 Å². The van der Waals surface area contributed by atoms with Crippen LogP contribution in [0.5, 0.6) is 11.5 Å². The number of anilines is 1. The number of nitrogens with one attached hydrogen (secondary N) is 1. The fourth-order valence-corrected chi connectivity index (χ4v) is 5.01. The van der Waals surface area contributed by atoms with Gasteiger partial charge in [-0.1, -0.05) is 50.2 Å². The molecule has 0 radical (unpaired) electrons. The number of benzene rings is 3. The molecule has 0 atom stereocenters. The summed E-state index contributed by atoms with van der Waals surface area (Å²) >= 11 is 1.45. The number of para-hydroxylation sites is 1. The third-order valence-electron chi connectivity index (χ3n) is 6.22. The van der Waals surface area contributed by atoms with Gasteiger partial charge in [-0.15, -0.1) is 11.3 Å². The quantitative estimate of drug-likeness (QED) is 0.159. The number of nitrogens with zero attached hydrogens (tertiary/aromatic N) is 3. The van der Waals surface area contributed by atoms with Gasteiger partial charge in [0.25, 0.3) is 11.6 Å². The van der Waals surface area contributed by atoms with Crippen molar-refractivity contribution in [3.63, 3.8) is 0 Å². The van der Waals surface area contributed by atoms with E-state index in [4.69, 9.17) is 14.5 Å². The summed E-state index contributed by atoms with van der Waals surface area (Å²) in [6.07, 6.45) is 0. The Labute approximate surface area is 237 Å². The van der Waals surface area contributed by atoms with Crippen LogP contribution < -0.4 is 19.7 Å². The standard InChI is InChI=1S/C30H32N4O5S/c1-20(2)16-31-29(35)22-13-11-21(12-14-22)17-33(18-24-8-6-10-27(38-3)28(24)39-4)30-32-26(19-40-30)23-7-5-9-25(15-23)34(36)37/h5-15,19-20H,16-18H2,1-4H3,(H,31,35). The van der Waals surface area contributed by atoms with Crippen molar-refractivity contribution in [3.8, 4) is 22.8 Å². The summed E-state index contributed by atoms with van der Waals surface area (Å²) in [6.45, 7) is 5.71. The molecular formula is C30H32N4O5S. The van der Waals surface area contributed by atoms with Crippen molar-refractivity contribution in [1.29, 1.82) is 0 Å². The number of thiazole rings is 1. The highest BCUT2D eigenvalue weighted by Gasteiger charge is 2.19. The number of aromatic nitrogens is 1. The summed E-state index contributed by atoms with van der Waals surface area (Å²) in [5.74, 6) is 1.55. The summed E-state index contributed by atoms with van der Waals surface area (Å²) in [7, 11) is 3.21.